The van der Waals surface area contributed by atoms with E-state index in [0.29, 0.717) is 0 Å². The maximum atomic E-state index is 14.1. The Balaban J connectivity index is 1.76. The molecule has 3 aliphatic rings. The van der Waals surface area contributed by atoms with E-state index in [2.05, 4.69) is 5.32 Å². The van der Waals surface area contributed by atoms with Crippen molar-refractivity contribution in [1.29, 1.82) is 0 Å². The van der Waals surface area contributed by atoms with Crippen LogP contribution in [0.15, 0.2) is 0 Å². The van der Waals surface area contributed by atoms with Crippen LogP contribution in [0, 0.1) is 5.92 Å². The predicted molar refractivity (Wildman–Crippen MR) is 92.3 cm³/mol. The first-order valence-corrected chi connectivity index (χ1v) is 9.67. The molecular weight excluding hydrogens is 397 g/mol. The molecule has 0 aliphatic carbocycles. The molecule has 3 saturated heterocycles. The Labute approximate surface area is 166 Å². The molecule has 0 bridgehead atoms. The van der Waals surface area contributed by atoms with E-state index in [9.17, 15) is 40.1 Å². The summed E-state index contributed by atoms with van der Waals surface area (Å²) >= 11 is 0. The predicted octanol–water partition coefficient (Wildman–Crippen LogP) is -4.40. The molecule has 0 aromatic rings. The number of hydrogen-bond donors (Lipinski definition) is 8. The highest BCUT2D eigenvalue weighted by Crippen LogP contribution is 2.36. The average Bonchev–Trinajstić information content (AvgIpc) is 3.06. The van der Waals surface area contributed by atoms with Crippen molar-refractivity contribution in [2.24, 2.45) is 5.92 Å². The van der Waals surface area contributed by atoms with E-state index in [1.165, 1.54) is 6.92 Å². The van der Waals surface area contributed by atoms with E-state index in [4.69, 9.17) is 14.2 Å². The smallest absolute Gasteiger partial charge is 0.186 e. The lowest BCUT2D eigenvalue weighted by Gasteiger charge is -2.50. The molecule has 0 spiro atoms. The lowest BCUT2D eigenvalue weighted by molar-refractivity contribution is -0.331. The minimum atomic E-state index is -1.69. The largest absolute Gasteiger partial charge is 0.395 e. The molecule has 0 aromatic carbocycles. The van der Waals surface area contributed by atoms with Crippen LogP contribution in [-0.2, 0) is 14.2 Å². The van der Waals surface area contributed by atoms with Crippen LogP contribution >= 0.6 is 0 Å². The normalized spacial score (nSPS) is 53.9. The molecule has 0 radical (unpaired) electrons. The van der Waals surface area contributed by atoms with Crippen LogP contribution in [0.2, 0.25) is 0 Å². The molecule has 29 heavy (non-hydrogen) atoms. The molecule has 11 nitrogen and oxygen atoms in total. The number of aliphatic hydroxyl groups excluding tert-OH is 7. The number of hydrogen-bond acceptors (Lipinski definition) is 11. The van der Waals surface area contributed by atoms with Gasteiger partial charge in [0.15, 0.2) is 6.29 Å². The summed E-state index contributed by atoms with van der Waals surface area (Å²) in [5.41, 5.74) is 0. The van der Waals surface area contributed by atoms with Crippen LogP contribution in [0.5, 0.6) is 0 Å². The Hall–Kier alpha value is -0.510. The Morgan fingerprint density at radius 3 is 2.24 bits per heavy atom. The fourth-order valence-corrected chi connectivity index (χ4v) is 4.29. The zero-order chi connectivity index (χ0) is 21.5. The second kappa shape index (κ2) is 9.32. The van der Waals surface area contributed by atoms with Crippen LogP contribution < -0.4 is 5.32 Å². The highest BCUT2D eigenvalue weighted by molar-refractivity contribution is 5.02. The van der Waals surface area contributed by atoms with E-state index >= 15 is 0 Å². The first-order valence-electron chi connectivity index (χ1n) is 9.67. The van der Waals surface area contributed by atoms with Crippen LogP contribution in [0.3, 0.4) is 0 Å². The molecule has 8 N–H and O–H groups in total. The summed E-state index contributed by atoms with van der Waals surface area (Å²) in [5, 5.41) is 73.1. The van der Waals surface area contributed by atoms with Gasteiger partial charge in [-0.1, -0.05) is 0 Å². The summed E-state index contributed by atoms with van der Waals surface area (Å²) in [6.07, 6.45) is -15.3. The minimum Gasteiger partial charge on any atom is -0.395 e. The SMILES string of the molecule is C[C@H]1OC([C@H]2[C@H](O)[C@@H](O)[C@@H](O[C@H]3[C@H](F)CN[C@@H]3CO)O[C@@H]2CO)[C@H](O)[C@@H](O)[C@@H]1O. The standard InChI is InChI=1S/C17H30FNO10/c1-5-10(22)12(24)13(25)16(27-5)9-8(4-21)28-17(14(26)11(9)23)29-15-6(18)2-19-7(15)3-20/h5-17,19-26H,2-4H2,1H3/t5-,6-,7-,8-,9-,10-,11+,12+,13-,14-,15+,16?,17-/m1/s1. The monoisotopic (exact) mass is 427 g/mol. The Kier molecular flexibility index (Phi) is 7.44. The van der Waals surface area contributed by atoms with E-state index in [0.717, 1.165) is 0 Å². The summed E-state index contributed by atoms with van der Waals surface area (Å²) < 4.78 is 30.6. The van der Waals surface area contributed by atoms with Crippen molar-refractivity contribution in [2.75, 3.05) is 19.8 Å². The molecule has 13 atom stereocenters. The van der Waals surface area contributed by atoms with E-state index in [1.807, 2.05) is 0 Å². The fraction of sp³-hybridized carbons (Fsp3) is 1.00. The van der Waals surface area contributed by atoms with Gasteiger partial charge in [-0.25, -0.2) is 4.39 Å². The van der Waals surface area contributed by atoms with Gasteiger partial charge in [-0.2, -0.15) is 0 Å². The number of rotatable bonds is 5. The molecule has 12 heteroatoms. The molecular formula is C17H30FNO10. The summed E-state index contributed by atoms with van der Waals surface area (Å²) in [4.78, 5) is 0. The number of alkyl halides is 1. The van der Waals surface area contributed by atoms with Gasteiger partial charge in [0.1, 0.15) is 36.7 Å². The summed E-state index contributed by atoms with van der Waals surface area (Å²) in [7, 11) is 0. The second-order valence-corrected chi connectivity index (χ2v) is 7.88. The van der Waals surface area contributed by atoms with Crippen molar-refractivity contribution in [3.8, 4) is 0 Å². The topological polar surface area (TPSA) is 181 Å². The van der Waals surface area contributed by atoms with Crippen molar-refractivity contribution in [2.45, 2.75) is 80.4 Å². The van der Waals surface area contributed by atoms with Gasteiger partial charge >= 0.3 is 0 Å². The van der Waals surface area contributed by atoms with Crippen LogP contribution in [0.25, 0.3) is 0 Å². The Morgan fingerprint density at radius 2 is 1.62 bits per heavy atom. The highest BCUT2D eigenvalue weighted by Gasteiger charge is 2.55. The van der Waals surface area contributed by atoms with Crippen molar-refractivity contribution < 1.29 is 54.3 Å². The third kappa shape index (κ3) is 4.29. The molecule has 3 rings (SSSR count). The third-order valence-corrected chi connectivity index (χ3v) is 6.03. The van der Waals surface area contributed by atoms with Gasteiger partial charge in [-0.05, 0) is 6.92 Å². The van der Waals surface area contributed by atoms with Crippen molar-refractivity contribution >= 4 is 0 Å². The molecule has 170 valence electrons. The minimum absolute atomic E-state index is 0.0620. The fourth-order valence-electron chi connectivity index (χ4n) is 4.29. The summed E-state index contributed by atoms with van der Waals surface area (Å²) in [6, 6.07) is -0.732. The van der Waals surface area contributed by atoms with E-state index in [1.54, 1.807) is 0 Å². The zero-order valence-corrected chi connectivity index (χ0v) is 15.9. The first kappa shape index (κ1) is 23.2. The third-order valence-electron chi connectivity index (χ3n) is 6.03. The molecule has 0 saturated carbocycles. The summed E-state index contributed by atoms with van der Waals surface area (Å²) in [5.74, 6) is -1.18. The van der Waals surface area contributed by atoms with Crippen LogP contribution in [0.4, 0.5) is 4.39 Å². The van der Waals surface area contributed by atoms with Gasteiger partial charge in [-0.15, -0.1) is 0 Å². The lowest BCUT2D eigenvalue weighted by Crippen LogP contribution is -2.67. The molecule has 1 unspecified atom stereocenters. The quantitative estimate of drug-likeness (QED) is 0.212. The van der Waals surface area contributed by atoms with Crippen LogP contribution in [0.1, 0.15) is 6.92 Å². The number of nitrogens with one attached hydrogen (secondary N) is 1. The van der Waals surface area contributed by atoms with Gasteiger partial charge in [0.2, 0.25) is 0 Å². The van der Waals surface area contributed by atoms with Crippen molar-refractivity contribution in [3.63, 3.8) is 0 Å². The maximum Gasteiger partial charge on any atom is 0.186 e. The number of ether oxygens (including phenoxy) is 3. The molecule has 0 amide bonds. The second-order valence-electron chi connectivity index (χ2n) is 7.88. The van der Waals surface area contributed by atoms with Gasteiger partial charge in [0.05, 0.1) is 43.7 Å². The Bertz CT molecular complexity index is 544. The van der Waals surface area contributed by atoms with E-state index < -0.39 is 92.6 Å². The number of aliphatic hydroxyl groups is 7. The molecule has 0 aromatic heterocycles. The van der Waals surface area contributed by atoms with Gasteiger partial charge in [-0.3, -0.25) is 0 Å². The number of halogens is 1. The average molecular weight is 427 g/mol. The van der Waals surface area contributed by atoms with Gasteiger partial charge in [0, 0.05) is 12.5 Å². The molecule has 3 aliphatic heterocycles. The van der Waals surface area contributed by atoms with E-state index in [-0.39, 0.29) is 6.54 Å². The van der Waals surface area contributed by atoms with Gasteiger partial charge < -0.3 is 55.3 Å². The summed E-state index contributed by atoms with van der Waals surface area (Å²) in [6.45, 7) is 0.332. The zero-order valence-electron chi connectivity index (χ0n) is 15.9. The lowest BCUT2D eigenvalue weighted by atomic mass is 9.79. The molecule has 3 heterocycles. The maximum absolute atomic E-state index is 14.1. The Morgan fingerprint density at radius 1 is 0.931 bits per heavy atom. The first-order chi connectivity index (χ1) is 13.7. The molecule has 3 fully saturated rings. The highest BCUT2D eigenvalue weighted by atomic mass is 19.1. The van der Waals surface area contributed by atoms with Crippen molar-refractivity contribution in [1.82, 2.24) is 5.32 Å². The van der Waals surface area contributed by atoms with Crippen molar-refractivity contribution in [3.05, 3.63) is 0 Å². The van der Waals surface area contributed by atoms with Crippen LogP contribution in [-0.4, -0.2) is 129 Å². The van der Waals surface area contributed by atoms with Gasteiger partial charge in [0.25, 0.3) is 0 Å².